The highest BCUT2D eigenvalue weighted by atomic mass is 35.5. The Hall–Kier alpha value is -3.97. The minimum absolute atomic E-state index is 0.00626. The second-order valence-electron chi connectivity index (χ2n) is 8.34. The molecule has 0 spiro atoms. The molecule has 3 aromatic carbocycles. The van der Waals surface area contributed by atoms with Crippen molar-refractivity contribution in [3.05, 3.63) is 88.4 Å². The standard InChI is InChI=1S/C27H24ClN3O4/c1-16(32)31(2)21-10-8-20(9-11-21)29-26(18-5-3-4-17(14-18)6-13-24(33)34)25-22-12-7-19(28)15-23(22)30-27(25)35/h3-5,7-12,14-15,25H,6,13H2,1-2H3,(H,30,35)(H,33,34). The van der Waals surface area contributed by atoms with Crippen molar-refractivity contribution in [3.63, 3.8) is 0 Å². The molecule has 35 heavy (non-hydrogen) atoms. The molecule has 2 N–H and O–H groups in total. The predicted molar refractivity (Wildman–Crippen MR) is 137 cm³/mol. The lowest BCUT2D eigenvalue weighted by Crippen LogP contribution is -2.22. The van der Waals surface area contributed by atoms with Crippen LogP contribution in [0.25, 0.3) is 0 Å². The van der Waals surface area contributed by atoms with Crippen LogP contribution in [-0.4, -0.2) is 35.6 Å². The average Bonchev–Trinajstić information content (AvgIpc) is 3.15. The van der Waals surface area contributed by atoms with E-state index < -0.39 is 11.9 Å². The largest absolute Gasteiger partial charge is 0.481 e. The van der Waals surface area contributed by atoms with Gasteiger partial charge in [-0.1, -0.05) is 35.9 Å². The van der Waals surface area contributed by atoms with Crippen molar-refractivity contribution >= 4 is 52.2 Å². The molecule has 0 saturated heterocycles. The molecule has 1 heterocycles. The first kappa shape index (κ1) is 24.2. The van der Waals surface area contributed by atoms with Gasteiger partial charge in [0.1, 0.15) is 5.92 Å². The normalized spacial score (nSPS) is 14.9. The number of carboxylic acid groups (broad SMARTS) is 1. The Bertz CT molecular complexity index is 1330. The number of aliphatic imine (C=N–C) groups is 1. The lowest BCUT2D eigenvalue weighted by molar-refractivity contribution is -0.137. The number of nitrogens with zero attached hydrogens (tertiary/aromatic N) is 2. The van der Waals surface area contributed by atoms with E-state index in [1.54, 1.807) is 43.4 Å². The number of aliphatic carboxylic acids is 1. The molecule has 1 aliphatic heterocycles. The number of benzene rings is 3. The summed E-state index contributed by atoms with van der Waals surface area (Å²) in [6.45, 7) is 1.49. The second-order valence-corrected chi connectivity index (χ2v) is 8.78. The highest BCUT2D eigenvalue weighted by Gasteiger charge is 2.35. The molecule has 2 amide bonds. The zero-order valence-corrected chi connectivity index (χ0v) is 20.0. The minimum Gasteiger partial charge on any atom is -0.481 e. The van der Waals surface area contributed by atoms with Gasteiger partial charge < -0.3 is 15.3 Å². The molecule has 0 saturated carbocycles. The lowest BCUT2D eigenvalue weighted by atomic mass is 9.89. The number of anilines is 2. The van der Waals surface area contributed by atoms with Crippen LogP contribution in [0.2, 0.25) is 5.02 Å². The first-order valence-corrected chi connectivity index (χ1v) is 11.4. The molecule has 0 bridgehead atoms. The van der Waals surface area contributed by atoms with Crippen molar-refractivity contribution in [3.8, 4) is 0 Å². The molecule has 0 aromatic heterocycles. The van der Waals surface area contributed by atoms with Crippen LogP contribution < -0.4 is 10.2 Å². The third kappa shape index (κ3) is 5.41. The number of hydrogen-bond acceptors (Lipinski definition) is 4. The number of rotatable bonds is 7. The molecule has 0 radical (unpaired) electrons. The summed E-state index contributed by atoms with van der Waals surface area (Å²) in [6.07, 6.45) is 0.373. The van der Waals surface area contributed by atoms with E-state index in [4.69, 9.17) is 21.7 Å². The molecule has 1 atom stereocenters. The number of aryl methyl sites for hydroxylation is 1. The molecule has 4 rings (SSSR count). The van der Waals surface area contributed by atoms with Crippen LogP contribution >= 0.6 is 11.6 Å². The molecular formula is C27H24ClN3O4. The summed E-state index contributed by atoms with van der Waals surface area (Å²) < 4.78 is 0. The third-order valence-corrected chi connectivity index (χ3v) is 6.16. The maximum Gasteiger partial charge on any atom is 0.303 e. The Labute approximate surface area is 208 Å². The molecule has 7 nitrogen and oxygen atoms in total. The summed E-state index contributed by atoms with van der Waals surface area (Å²) in [5.41, 5.74) is 4.85. The quantitative estimate of drug-likeness (QED) is 0.446. The molecule has 3 aromatic rings. The van der Waals surface area contributed by atoms with E-state index in [2.05, 4.69) is 5.32 Å². The number of amides is 2. The van der Waals surface area contributed by atoms with Gasteiger partial charge in [-0.3, -0.25) is 19.4 Å². The van der Waals surface area contributed by atoms with Crippen LogP contribution in [0.1, 0.15) is 36.0 Å². The van der Waals surface area contributed by atoms with Gasteiger partial charge >= 0.3 is 5.97 Å². The maximum atomic E-state index is 13.1. The summed E-state index contributed by atoms with van der Waals surface area (Å²) in [7, 11) is 1.69. The number of nitrogens with one attached hydrogen (secondary N) is 1. The Morgan fingerprint density at radius 1 is 1.09 bits per heavy atom. The summed E-state index contributed by atoms with van der Waals surface area (Å²) in [6, 6.07) is 19.9. The Morgan fingerprint density at radius 3 is 2.51 bits per heavy atom. The summed E-state index contributed by atoms with van der Waals surface area (Å²) in [4.78, 5) is 42.2. The third-order valence-electron chi connectivity index (χ3n) is 5.93. The van der Waals surface area contributed by atoms with Crippen molar-refractivity contribution in [1.29, 1.82) is 0 Å². The monoisotopic (exact) mass is 489 g/mol. The van der Waals surface area contributed by atoms with Crippen LogP contribution in [0.15, 0.2) is 71.7 Å². The van der Waals surface area contributed by atoms with Crippen LogP contribution in [0.4, 0.5) is 17.1 Å². The van der Waals surface area contributed by atoms with Gasteiger partial charge in [-0.25, -0.2) is 0 Å². The predicted octanol–water partition coefficient (Wildman–Crippen LogP) is 5.20. The number of halogens is 1. The summed E-state index contributed by atoms with van der Waals surface area (Å²) in [5, 5.41) is 12.5. The van der Waals surface area contributed by atoms with Crippen molar-refractivity contribution in [2.24, 2.45) is 4.99 Å². The number of carboxylic acids is 1. The average molecular weight is 490 g/mol. The molecule has 8 heteroatoms. The first-order valence-electron chi connectivity index (χ1n) is 11.1. The van der Waals surface area contributed by atoms with E-state index in [1.807, 2.05) is 30.3 Å². The number of fused-ring (bicyclic) bond motifs is 1. The fourth-order valence-corrected chi connectivity index (χ4v) is 4.18. The van der Waals surface area contributed by atoms with Crippen molar-refractivity contribution in [2.45, 2.75) is 25.7 Å². The number of carbonyl (C=O) groups excluding carboxylic acids is 2. The van der Waals surface area contributed by atoms with Gasteiger partial charge in [0.15, 0.2) is 0 Å². The molecule has 1 aliphatic rings. The highest BCUT2D eigenvalue weighted by Crippen LogP contribution is 2.38. The second kappa shape index (κ2) is 10.1. The number of carbonyl (C=O) groups is 3. The van der Waals surface area contributed by atoms with Crippen molar-refractivity contribution in [1.82, 2.24) is 0 Å². The lowest BCUT2D eigenvalue weighted by Gasteiger charge is -2.16. The molecule has 0 fully saturated rings. The van der Waals surface area contributed by atoms with E-state index in [-0.39, 0.29) is 18.2 Å². The summed E-state index contributed by atoms with van der Waals surface area (Å²) >= 11 is 6.13. The van der Waals surface area contributed by atoms with E-state index in [1.165, 1.54) is 11.8 Å². The van der Waals surface area contributed by atoms with Gasteiger partial charge in [-0.15, -0.1) is 0 Å². The fourth-order valence-electron chi connectivity index (χ4n) is 4.01. The van der Waals surface area contributed by atoms with Crippen LogP contribution in [0.3, 0.4) is 0 Å². The number of hydrogen-bond donors (Lipinski definition) is 2. The highest BCUT2D eigenvalue weighted by molar-refractivity contribution is 6.31. The van der Waals surface area contributed by atoms with Crippen LogP contribution in [-0.2, 0) is 20.8 Å². The van der Waals surface area contributed by atoms with Crippen LogP contribution in [0.5, 0.6) is 0 Å². The van der Waals surface area contributed by atoms with E-state index >= 15 is 0 Å². The maximum absolute atomic E-state index is 13.1. The smallest absolute Gasteiger partial charge is 0.303 e. The summed E-state index contributed by atoms with van der Waals surface area (Å²) in [5.74, 6) is -1.85. The molecule has 0 aliphatic carbocycles. The molecular weight excluding hydrogens is 466 g/mol. The van der Waals surface area contributed by atoms with Gasteiger partial charge in [0.05, 0.1) is 11.4 Å². The van der Waals surface area contributed by atoms with Crippen molar-refractivity contribution in [2.75, 3.05) is 17.3 Å². The van der Waals surface area contributed by atoms with Crippen LogP contribution in [0, 0.1) is 0 Å². The van der Waals surface area contributed by atoms with Gasteiger partial charge in [0, 0.05) is 36.8 Å². The van der Waals surface area contributed by atoms with Gasteiger partial charge in [0.25, 0.3) is 0 Å². The molecule has 178 valence electrons. The molecule has 1 unspecified atom stereocenters. The minimum atomic E-state index is -0.874. The fraction of sp³-hybridized carbons (Fsp3) is 0.185. The van der Waals surface area contributed by atoms with E-state index in [0.717, 1.165) is 22.4 Å². The van der Waals surface area contributed by atoms with Gasteiger partial charge in [-0.2, -0.15) is 0 Å². The topological polar surface area (TPSA) is 99.1 Å². The Kier molecular flexibility index (Phi) is 6.98. The van der Waals surface area contributed by atoms with Gasteiger partial charge in [-0.05, 0) is 65.6 Å². The van der Waals surface area contributed by atoms with E-state index in [9.17, 15) is 14.4 Å². The van der Waals surface area contributed by atoms with Gasteiger partial charge in [0.2, 0.25) is 11.8 Å². The van der Waals surface area contributed by atoms with Crippen molar-refractivity contribution < 1.29 is 19.5 Å². The zero-order chi connectivity index (χ0) is 25.1. The SMILES string of the molecule is CC(=O)N(C)c1ccc(N=C(c2cccc(CCC(=O)O)c2)C2C(=O)Nc3cc(Cl)ccc32)cc1. The first-order chi connectivity index (χ1) is 16.7. The van der Waals surface area contributed by atoms with E-state index in [0.29, 0.717) is 28.5 Å². The Morgan fingerprint density at radius 2 is 1.83 bits per heavy atom. The Balaban J connectivity index is 1.80. The zero-order valence-electron chi connectivity index (χ0n) is 19.3.